The monoisotopic (exact) mass is 721 g/mol. The summed E-state index contributed by atoms with van der Waals surface area (Å²) in [5, 5.41) is 25.3. The van der Waals surface area contributed by atoms with Crippen LogP contribution in [0.25, 0.3) is 0 Å². The average Bonchev–Trinajstić information content (AvgIpc) is 3.12. The molecule has 4 N–H and O–H groups in total. The molecule has 0 aliphatic heterocycles. The Bertz CT molecular complexity index is 2010. The van der Waals surface area contributed by atoms with Gasteiger partial charge in [0.1, 0.15) is 66.5 Å². The van der Waals surface area contributed by atoms with Gasteiger partial charge in [0.05, 0.1) is 10.0 Å². The van der Waals surface area contributed by atoms with Crippen LogP contribution in [0.3, 0.4) is 0 Å². The average molecular weight is 723 g/mol. The first kappa shape index (κ1) is 35.2. The van der Waals surface area contributed by atoms with Crippen molar-refractivity contribution in [3.8, 4) is 23.6 Å². The smallest absolute Gasteiger partial charge is 0.153 e. The molecule has 0 aliphatic rings. The third kappa shape index (κ3) is 9.49. The number of aromatic nitrogens is 4. The number of nitriles is 2. The summed E-state index contributed by atoms with van der Waals surface area (Å²) in [6.45, 7) is 0.849. The Labute approximate surface area is 302 Å². The minimum absolute atomic E-state index is 0.0916. The Hall–Kier alpha value is -6.11. The van der Waals surface area contributed by atoms with E-state index in [9.17, 15) is 0 Å². The van der Waals surface area contributed by atoms with E-state index < -0.39 is 0 Å². The molecule has 11 nitrogen and oxygen atoms in total. The third-order valence-electron chi connectivity index (χ3n) is 6.76. The van der Waals surface area contributed by atoms with Crippen molar-refractivity contribution in [1.29, 1.82) is 10.5 Å². The molecule has 0 spiro atoms. The molecule has 0 radical (unpaired) electrons. The lowest BCUT2D eigenvalue weighted by Gasteiger charge is -2.11. The van der Waals surface area contributed by atoms with Crippen LogP contribution in [0.2, 0.25) is 15.2 Å². The molecule has 0 fully saturated rings. The molecule has 4 aromatic carbocycles. The van der Waals surface area contributed by atoms with Gasteiger partial charge >= 0.3 is 0 Å². The van der Waals surface area contributed by atoms with Crippen molar-refractivity contribution in [2.45, 2.75) is 13.2 Å². The van der Waals surface area contributed by atoms with E-state index in [1.165, 1.54) is 12.7 Å². The number of ether oxygens (including phenoxy) is 2. The molecule has 0 amide bonds. The number of rotatable bonds is 10. The summed E-state index contributed by atoms with van der Waals surface area (Å²) in [5.74, 6) is 1.89. The summed E-state index contributed by atoms with van der Waals surface area (Å²) < 4.78 is 11.5. The summed E-state index contributed by atoms with van der Waals surface area (Å²) in [7, 11) is 0. The van der Waals surface area contributed by atoms with Gasteiger partial charge in [-0.3, -0.25) is 0 Å². The van der Waals surface area contributed by atoms with Crippen molar-refractivity contribution in [1.82, 2.24) is 19.9 Å². The Morgan fingerprint density at radius 3 is 1.52 bits per heavy atom. The first-order valence-electron chi connectivity index (χ1n) is 14.7. The van der Waals surface area contributed by atoms with E-state index in [0.29, 0.717) is 57.8 Å². The number of benzene rings is 4. The van der Waals surface area contributed by atoms with Gasteiger partial charge in [-0.2, -0.15) is 10.5 Å². The van der Waals surface area contributed by atoms with Crippen LogP contribution in [-0.4, -0.2) is 19.9 Å². The zero-order valence-corrected chi connectivity index (χ0v) is 28.3. The van der Waals surface area contributed by atoms with E-state index in [2.05, 4.69) is 30.6 Å². The number of nitrogens with one attached hydrogen (secondary N) is 2. The van der Waals surface area contributed by atoms with Gasteiger partial charge in [-0.15, -0.1) is 0 Å². The second-order valence-corrected chi connectivity index (χ2v) is 11.4. The lowest BCUT2D eigenvalue weighted by Crippen LogP contribution is -2.03. The van der Waals surface area contributed by atoms with Crippen LogP contribution in [-0.2, 0) is 13.2 Å². The number of anilines is 5. The highest BCUT2D eigenvalue weighted by atomic mass is 35.5. The molecular weight excluding hydrogens is 697 g/mol. The standard InChI is InChI=1S/C18H12Cl2N4O.C18H14ClN5O/c19-15-8-13(24-18-14(9-21)17(20)22-11-23-18)6-7-16(15)25-10-12-4-2-1-3-5-12;19-15-8-13(24-18-14(9-20)17(21)22-11-23-18)6-7-16(15)25-10-12-4-2-1-3-5-12/h1-8,11H,10H2,(H,22,23,24);1-8,11H,10H2,(H3,21,22,23,24). The molecule has 0 atom stereocenters. The van der Waals surface area contributed by atoms with Crippen molar-refractivity contribution in [3.63, 3.8) is 0 Å². The highest BCUT2D eigenvalue weighted by molar-refractivity contribution is 6.32. The van der Waals surface area contributed by atoms with Crippen LogP contribution in [0, 0.1) is 22.7 Å². The van der Waals surface area contributed by atoms with E-state index in [1.54, 1.807) is 36.4 Å². The van der Waals surface area contributed by atoms with Gasteiger partial charge < -0.3 is 25.8 Å². The highest BCUT2D eigenvalue weighted by Gasteiger charge is 2.12. The van der Waals surface area contributed by atoms with Gasteiger partial charge in [0.25, 0.3) is 0 Å². The highest BCUT2D eigenvalue weighted by Crippen LogP contribution is 2.32. The number of halogens is 3. The van der Waals surface area contributed by atoms with Gasteiger partial charge in [-0.25, -0.2) is 19.9 Å². The van der Waals surface area contributed by atoms with Crippen molar-refractivity contribution in [2.24, 2.45) is 0 Å². The van der Waals surface area contributed by atoms with Gasteiger partial charge in [0, 0.05) is 11.4 Å². The molecule has 0 aliphatic carbocycles. The molecule has 0 saturated carbocycles. The first-order valence-corrected chi connectivity index (χ1v) is 15.9. The van der Waals surface area contributed by atoms with Crippen LogP contribution in [0.4, 0.5) is 28.8 Å². The number of hydrogen-bond acceptors (Lipinski definition) is 11. The minimum Gasteiger partial charge on any atom is -0.487 e. The van der Waals surface area contributed by atoms with Crippen molar-refractivity contribution >= 4 is 63.6 Å². The summed E-state index contributed by atoms with van der Waals surface area (Å²) in [4.78, 5) is 15.6. The molecule has 2 heterocycles. The Morgan fingerprint density at radius 2 is 1.06 bits per heavy atom. The Balaban J connectivity index is 0.000000194. The number of hydrogen-bond donors (Lipinski definition) is 3. The SMILES string of the molecule is N#Cc1c(Cl)ncnc1Nc1ccc(OCc2ccccc2)c(Cl)c1.N#Cc1c(N)ncnc1Nc1ccc(OCc2ccccc2)c(Cl)c1. The van der Waals surface area contributed by atoms with Gasteiger partial charge in [0.15, 0.2) is 16.8 Å². The maximum Gasteiger partial charge on any atom is 0.153 e. The van der Waals surface area contributed by atoms with Crippen molar-refractivity contribution in [2.75, 3.05) is 16.4 Å². The third-order valence-corrected chi connectivity index (χ3v) is 7.64. The zero-order chi connectivity index (χ0) is 35.3. The normalized spacial score (nSPS) is 10.1. The predicted molar refractivity (Wildman–Crippen MR) is 194 cm³/mol. The maximum absolute atomic E-state index is 9.16. The molecular formula is C36H26Cl3N9O2. The predicted octanol–water partition coefficient (Wildman–Crippen LogP) is 8.88. The van der Waals surface area contributed by atoms with Gasteiger partial charge in [-0.05, 0) is 47.5 Å². The van der Waals surface area contributed by atoms with E-state index in [0.717, 1.165) is 11.1 Å². The fraction of sp³-hybridized carbons (Fsp3) is 0.0556. The Morgan fingerprint density at radius 1 is 0.600 bits per heavy atom. The van der Waals surface area contributed by atoms with Gasteiger partial charge in [0.2, 0.25) is 0 Å². The van der Waals surface area contributed by atoms with Crippen LogP contribution in [0.5, 0.6) is 11.5 Å². The fourth-order valence-electron chi connectivity index (χ4n) is 4.30. The summed E-state index contributed by atoms with van der Waals surface area (Å²) >= 11 is 18.4. The topological polar surface area (TPSA) is 168 Å². The first-order chi connectivity index (χ1) is 24.3. The molecule has 0 saturated heterocycles. The second kappa shape index (κ2) is 17.3. The molecule has 0 bridgehead atoms. The van der Waals surface area contributed by atoms with Crippen LogP contribution in [0.1, 0.15) is 22.3 Å². The summed E-state index contributed by atoms with van der Waals surface area (Å²) in [6.07, 6.45) is 2.57. The van der Waals surface area contributed by atoms with E-state index >= 15 is 0 Å². The molecule has 2 aromatic heterocycles. The maximum atomic E-state index is 9.16. The molecule has 248 valence electrons. The van der Waals surface area contributed by atoms with Crippen molar-refractivity contribution < 1.29 is 9.47 Å². The van der Waals surface area contributed by atoms with Gasteiger partial charge in [-0.1, -0.05) is 95.5 Å². The quantitative estimate of drug-likeness (QED) is 0.116. The van der Waals surface area contributed by atoms with Crippen LogP contribution in [0.15, 0.2) is 110 Å². The molecule has 0 unspecified atom stereocenters. The van der Waals surface area contributed by atoms with Crippen molar-refractivity contribution in [3.05, 3.63) is 147 Å². The fourth-order valence-corrected chi connectivity index (χ4v) is 4.94. The van der Waals surface area contributed by atoms with E-state index in [1.807, 2.05) is 72.8 Å². The second-order valence-electron chi connectivity index (χ2n) is 10.2. The van der Waals surface area contributed by atoms with Crippen LogP contribution < -0.4 is 25.8 Å². The van der Waals surface area contributed by atoms with E-state index in [-0.39, 0.29) is 22.1 Å². The number of nitrogens with zero attached hydrogens (tertiary/aromatic N) is 6. The number of nitrogen functional groups attached to an aromatic ring is 1. The lowest BCUT2D eigenvalue weighted by molar-refractivity contribution is 0.306. The minimum atomic E-state index is 0.0916. The molecule has 14 heteroatoms. The molecule has 6 rings (SSSR count). The van der Waals surface area contributed by atoms with E-state index in [4.69, 9.17) is 60.5 Å². The summed E-state index contributed by atoms with van der Waals surface area (Å²) in [5.41, 5.74) is 9.45. The zero-order valence-electron chi connectivity index (χ0n) is 26.0. The lowest BCUT2D eigenvalue weighted by atomic mass is 10.2. The molecule has 6 aromatic rings. The Kier molecular flexibility index (Phi) is 12.2. The number of nitrogens with two attached hydrogens (primary N) is 1. The largest absolute Gasteiger partial charge is 0.487 e. The molecule has 50 heavy (non-hydrogen) atoms. The summed E-state index contributed by atoms with van der Waals surface area (Å²) in [6, 6.07) is 34.0. The van der Waals surface area contributed by atoms with Crippen LogP contribution >= 0.6 is 34.8 Å².